The summed E-state index contributed by atoms with van der Waals surface area (Å²) in [6.45, 7) is 0.509. The fourth-order valence-electron chi connectivity index (χ4n) is 2.57. The van der Waals surface area contributed by atoms with E-state index in [2.05, 4.69) is 25.9 Å². The summed E-state index contributed by atoms with van der Waals surface area (Å²) in [4.78, 5) is 8.92. The Morgan fingerprint density at radius 1 is 1.24 bits per heavy atom. The summed E-state index contributed by atoms with van der Waals surface area (Å²) in [7, 11) is 1.65. The number of fused-ring (bicyclic) bond motifs is 1. The highest BCUT2D eigenvalue weighted by molar-refractivity contribution is 9.10. The maximum Gasteiger partial charge on any atom is 0.0905 e. The van der Waals surface area contributed by atoms with Crippen LogP contribution in [0, 0.1) is 5.41 Å². The summed E-state index contributed by atoms with van der Waals surface area (Å²) >= 11 is 3.40. The molecular formula is C19H17BrN4O. The van der Waals surface area contributed by atoms with Gasteiger partial charge in [-0.05, 0) is 51.3 Å². The molecule has 3 rings (SSSR count). The van der Waals surface area contributed by atoms with E-state index < -0.39 is 0 Å². The van der Waals surface area contributed by atoms with E-state index in [0.29, 0.717) is 23.6 Å². The Hall–Kier alpha value is -2.57. The average molecular weight is 397 g/mol. The van der Waals surface area contributed by atoms with Crippen LogP contribution in [0.15, 0.2) is 53.1 Å². The minimum atomic E-state index is 0.503. The largest absolute Gasteiger partial charge is 0.398 e. The number of nitrogens with one attached hydrogen (secondary N) is 1. The molecule has 0 bridgehead atoms. The first-order chi connectivity index (χ1) is 12.1. The van der Waals surface area contributed by atoms with Crippen LogP contribution in [0.1, 0.15) is 16.8 Å². The molecule has 0 fully saturated rings. The van der Waals surface area contributed by atoms with Gasteiger partial charge in [0.05, 0.1) is 23.3 Å². The topological polar surface area (TPSA) is 84.9 Å². The highest BCUT2D eigenvalue weighted by Gasteiger charge is 2.10. The van der Waals surface area contributed by atoms with Crippen LogP contribution in [0.4, 0.5) is 0 Å². The van der Waals surface area contributed by atoms with Crippen LogP contribution in [0.25, 0.3) is 22.3 Å². The Kier molecular flexibility index (Phi) is 5.21. The Labute approximate surface area is 154 Å². The monoisotopic (exact) mass is 396 g/mol. The SMILES string of the molecule is COCc1cccc(/C(N)=C(/C=N)c2ccc3ncc(Br)cc3n2)c1. The molecule has 0 amide bonds. The lowest BCUT2D eigenvalue weighted by Crippen LogP contribution is -2.04. The van der Waals surface area contributed by atoms with Gasteiger partial charge in [-0.2, -0.15) is 0 Å². The molecule has 0 aliphatic heterocycles. The quantitative estimate of drug-likeness (QED) is 0.637. The molecule has 6 heteroatoms. The average Bonchev–Trinajstić information content (AvgIpc) is 2.62. The van der Waals surface area contributed by atoms with Crippen LogP contribution < -0.4 is 5.73 Å². The lowest BCUT2D eigenvalue weighted by molar-refractivity contribution is 0.185. The van der Waals surface area contributed by atoms with Gasteiger partial charge in [-0.1, -0.05) is 18.2 Å². The molecule has 126 valence electrons. The van der Waals surface area contributed by atoms with Crippen molar-refractivity contribution in [2.24, 2.45) is 5.73 Å². The van der Waals surface area contributed by atoms with Crippen molar-refractivity contribution in [1.82, 2.24) is 9.97 Å². The van der Waals surface area contributed by atoms with Gasteiger partial charge in [0.1, 0.15) is 0 Å². The van der Waals surface area contributed by atoms with Gasteiger partial charge < -0.3 is 15.9 Å². The van der Waals surface area contributed by atoms with E-state index in [1.165, 1.54) is 6.21 Å². The van der Waals surface area contributed by atoms with Crippen molar-refractivity contribution in [3.63, 3.8) is 0 Å². The standard InChI is InChI=1S/C19H17BrN4O/c1-25-11-12-3-2-4-13(7-12)19(22)15(9-21)16-5-6-17-18(24-16)8-14(20)10-23-17/h2-10,21H,11,22H2,1H3/b19-15+,21-9?. The van der Waals surface area contributed by atoms with Crippen molar-refractivity contribution in [3.8, 4) is 0 Å². The summed E-state index contributed by atoms with van der Waals surface area (Å²) in [5, 5.41) is 7.81. The molecule has 3 aromatic rings. The highest BCUT2D eigenvalue weighted by Crippen LogP contribution is 2.23. The van der Waals surface area contributed by atoms with Crippen LogP contribution in [0.3, 0.4) is 0 Å². The van der Waals surface area contributed by atoms with E-state index in [1.807, 2.05) is 42.5 Å². The molecule has 5 nitrogen and oxygen atoms in total. The number of nitrogens with zero attached hydrogens (tertiary/aromatic N) is 2. The normalized spacial score (nSPS) is 12.1. The van der Waals surface area contributed by atoms with E-state index in [0.717, 1.165) is 26.6 Å². The third-order valence-electron chi connectivity index (χ3n) is 3.76. The Morgan fingerprint density at radius 3 is 2.84 bits per heavy atom. The molecule has 3 N–H and O–H groups in total. The summed E-state index contributed by atoms with van der Waals surface area (Å²) in [5.74, 6) is 0. The smallest absolute Gasteiger partial charge is 0.0905 e. The lowest BCUT2D eigenvalue weighted by Gasteiger charge is -2.10. The van der Waals surface area contributed by atoms with E-state index in [1.54, 1.807) is 13.3 Å². The van der Waals surface area contributed by atoms with Gasteiger partial charge >= 0.3 is 0 Å². The number of halogens is 1. The zero-order valence-electron chi connectivity index (χ0n) is 13.7. The second-order valence-corrected chi connectivity index (χ2v) is 6.41. The molecule has 2 aromatic heterocycles. The second kappa shape index (κ2) is 7.55. The predicted octanol–water partition coefficient (Wildman–Crippen LogP) is 4.02. The maximum absolute atomic E-state index is 7.81. The number of hydrogen-bond donors (Lipinski definition) is 2. The fourth-order valence-corrected chi connectivity index (χ4v) is 2.89. The van der Waals surface area contributed by atoms with Crippen molar-refractivity contribution in [1.29, 1.82) is 5.41 Å². The van der Waals surface area contributed by atoms with Crippen molar-refractivity contribution >= 4 is 44.4 Å². The molecular weight excluding hydrogens is 380 g/mol. The summed E-state index contributed by atoms with van der Waals surface area (Å²) in [5.41, 5.74) is 11.4. The van der Waals surface area contributed by atoms with Gasteiger partial charge in [0.25, 0.3) is 0 Å². The van der Waals surface area contributed by atoms with Crippen LogP contribution in [0.2, 0.25) is 0 Å². The van der Waals surface area contributed by atoms with Gasteiger partial charge in [0.2, 0.25) is 0 Å². The number of allylic oxidation sites excluding steroid dienone is 1. The first-order valence-electron chi connectivity index (χ1n) is 7.63. The zero-order chi connectivity index (χ0) is 17.8. The van der Waals surface area contributed by atoms with Crippen LogP contribution in [-0.4, -0.2) is 23.3 Å². The molecule has 0 saturated heterocycles. The first-order valence-corrected chi connectivity index (χ1v) is 8.43. The predicted molar refractivity (Wildman–Crippen MR) is 104 cm³/mol. The number of nitrogens with two attached hydrogens (primary N) is 1. The van der Waals surface area contributed by atoms with E-state index in [4.69, 9.17) is 15.9 Å². The molecule has 0 radical (unpaired) electrons. The number of pyridine rings is 2. The molecule has 0 saturated carbocycles. The van der Waals surface area contributed by atoms with Crippen molar-refractivity contribution in [2.45, 2.75) is 6.61 Å². The van der Waals surface area contributed by atoms with Crippen LogP contribution in [0.5, 0.6) is 0 Å². The van der Waals surface area contributed by atoms with Crippen molar-refractivity contribution in [2.75, 3.05) is 7.11 Å². The van der Waals surface area contributed by atoms with Crippen LogP contribution >= 0.6 is 15.9 Å². The number of benzene rings is 1. The number of hydrogen-bond acceptors (Lipinski definition) is 5. The third kappa shape index (κ3) is 3.75. The number of aromatic nitrogens is 2. The molecule has 1 aromatic carbocycles. The van der Waals surface area contributed by atoms with Crippen molar-refractivity contribution in [3.05, 3.63) is 70.0 Å². The van der Waals surface area contributed by atoms with Gasteiger partial charge in [-0.15, -0.1) is 0 Å². The van der Waals surface area contributed by atoms with E-state index in [-0.39, 0.29) is 0 Å². The second-order valence-electron chi connectivity index (χ2n) is 5.49. The molecule has 0 unspecified atom stereocenters. The van der Waals surface area contributed by atoms with Gasteiger partial charge in [0.15, 0.2) is 0 Å². The Bertz CT molecular complexity index is 969. The highest BCUT2D eigenvalue weighted by atomic mass is 79.9. The number of methoxy groups -OCH3 is 1. The molecule has 25 heavy (non-hydrogen) atoms. The van der Waals surface area contributed by atoms with Gasteiger partial charge in [-0.25, -0.2) is 4.98 Å². The van der Waals surface area contributed by atoms with E-state index >= 15 is 0 Å². The first kappa shape index (κ1) is 17.3. The number of rotatable bonds is 5. The summed E-state index contributed by atoms with van der Waals surface area (Å²) in [6.07, 6.45) is 2.96. The third-order valence-corrected chi connectivity index (χ3v) is 4.20. The minimum Gasteiger partial charge on any atom is -0.398 e. The summed E-state index contributed by atoms with van der Waals surface area (Å²) in [6, 6.07) is 13.4. The molecule has 0 spiro atoms. The molecule has 2 heterocycles. The van der Waals surface area contributed by atoms with Crippen LogP contribution in [-0.2, 0) is 11.3 Å². The minimum absolute atomic E-state index is 0.503. The number of ether oxygens (including phenoxy) is 1. The van der Waals surface area contributed by atoms with E-state index in [9.17, 15) is 0 Å². The van der Waals surface area contributed by atoms with Gasteiger partial charge in [0, 0.05) is 35.3 Å². The van der Waals surface area contributed by atoms with Gasteiger partial charge in [-0.3, -0.25) is 4.98 Å². The molecule has 0 atom stereocenters. The lowest BCUT2D eigenvalue weighted by atomic mass is 10.0. The van der Waals surface area contributed by atoms with Crippen molar-refractivity contribution < 1.29 is 4.74 Å². The Morgan fingerprint density at radius 2 is 2.08 bits per heavy atom. The molecule has 0 aliphatic carbocycles. The molecule has 0 aliphatic rings. The maximum atomic E-state index is 7.81. The summed E-state index contributed by atoms with van der Waals surface area (Å²) < 4.78 is 6.02. The zero-order valence-corrected chi connectivity index (χ0v) is 15.2. The fraction of sp³-hybridized carbons (Fsp3) is 0.105. The Balaban J connectivity index is 2.10.